The number of ether oxygens (including phenoxy) is 4. The van der Waals surface area contributed by atoms with E-state index in [0.717, 1.165) is 22.3 Å². The Bertz CT molecular complexity index is 1190. The van der Waals surface area contributed by atoms with Crippen LogP contribution in [-0.4, -0.2) is 42.7 Å². The molecule has 6 nitrogen and oxygen atoms in total. The zero-order valence-electron chi connectivity index (χ0n) is 22.8. The Hall–Kier alpha value is -3.36. The van der Waals surface area contributed by atoms with E-state index in [4.69, 9.17) is 24.7 Å². The fraction of sp³-hybridized carbons (Fsp3) is 0.294. The first kappa shape index (κ1) is 29.6. The average molecular weight is 542 g/mol. The van der Waals surface area contributed by atoms with Crippen LogP contribution >= 0.6 is 0 Å². The Balaban J connectivity index is 1.53. The van der Waals surface area contributed by atoms with Crippen LogP contribution in [0.3, 0.4) is 0 Å². The molecule has 210 valence electrons. The maximum Gasteiger partial charge on any atom is 0.115 e. The van der Waals surface area contributed by atoms with Crippen LogP contribution in [0.1, 0.15) is 22.3 Å². The van der Waals surface area contributed by atoms with Gasteiger partial charge in [0.1, 0.15) is 18.3 Å². The number of aliphatic hydroxyl groups is 1. The minimum Gasteiger partial charge on any atom is -0.388 e. The van der Waals surface area contributed by atoms with Crippen LogP contribution in [0.4, 0.5) is 0 Å². The third-order valence-electron chi connectivity index (χ3n) is 6.58. The second-order valence-electron chi connectivity index (χ2n) is 9.66. The van der Waals surface area contributed by atoms with E-state index in [1.54, 1.807) is 0 Å². The highest BCUT2D eigenvalue weighted by molar-refractivity contribution is 5.16. The van der Waals surface area contributed by atoms with E-state index in [1.165, 1.54) is 0 Å². The van der Waals surface area contributed by atoms with Gasteiger partial charge in [0.2, 0.25) is 0 Å². The zero-order chi connectivity index (χ0) is 27.8. The molecule has 0 aromatic heterocycles. The lowest BCUT2D eigenvalue weighted by molar-refractivity contribution is -0.185. The standard InChI is InChI=1S/C34H39NO5/c35-21-32(38-23-28-15-7-2-8-16-28)34(40-25-30-19-11-4-12-20-30)33(39-24-29-17-9-3-10-18-29)31(36)26-37-22-27-13-5-1-6-14-27/h1-20,31-34,36H,21-26,35H2/t31-,32-,33-,34-/m1/s1. The lowest BCUT2D eigenvalue weighted by Crippen LogP contribution is -2.52. The third-order valence-corrected chi connectivity index (χ3v) is 6.58. The van der Waals surface area contributed by atoms with Crippen LogP contribution in [0.2, 0.25) is 0 Å². The Morgan fingerprint density at radius 3 is 1.30 bits per heavy atom. The van der Waals surface area contributed by atoms with Gasteiger partial charge in [0.25, 0.3) is 0 Å². The van der Waals surface area contributed by atoms with Crippen molar-refractivity contribution < 1.29 is 24.1 Å². The number of benzene rings is 4. The molecule has 6 heteroatoms. The lowest BCUT2D eigenvalue weighted by Gasteiger charge is -2.35. The van der Waals surface area contributed by atoms with Gasteiger partial charge < -0.3 is 29.8 Å². The molecule has 0 heterocycles. The molecule has 4 aromatic carbocycles. The summed E-state index contributed by atoms with van der Waals surface area (Å²) < 4.78 is 25.1. The van der Waals surface area contributed by atoms with E-state index in [-0.39, 0.29) is 13.2 Å². The molecule has 0 spiro atoms. The maximum atomic E-state index is 11.4. The molecule has 4 aromatic rings. The number of rotatable bonds is 17. The fourth-order valence-electron chi connectivity index (χ4n) is 4.41. The molecule has 0 aliphatic carbocycles. The summed E-state index contributed by atoms with van der Waals surface area (Å²) in [4.78, 5) is 0. The van der Waals surface area contributed by atoms with E-state index in [0.29, 0.717) is 26.4 Å². The molecule has 0 saturated carbocycles. The molecular formula is C34H39NO5. The van der Waals surface area contributed by atoms with Crippen molar-refractivity contribution >= 4 is 0 Å². The van der Waals surface area contributed by atoms with E-state index in [1.807, 2.05) is 121 Å². The molecule has 0 radical (unpaired) electrons. The van der Waals surface area contributed by atoms with Crippen LogP contribution in [0, 0.1) is 0 Å². The molecule has 0 aliphatic rings. The van der Waals surface area contributed by atoms with Crippen molar-refractivity contribution in [3.05, 3.63) is 144 Å². The maximum absolute atomic E-state index is 11.4. The van der Waals surface area contributed by atoms with Gasteiger partial charge in [-0.15, -0.1) is 0 Å². The predicted molar refractivity (Wildman–Crippen MR) is 156 cm³/mol. The molecule has 0 unspecified atom stereocenters. The first-order chi connectivity index (χ1) is 19.7. The molecule has 0 bridgehead atoms. The van der Waals surface area contributed by atoms with Gasteiger partial charge >= 0.3 is 0 Å². The molecule has 3 N–H and O–H groups in total. The predicted octanol–water partition coefficient (Wildman–Crippen LogP) is 5.28. The molecule has 0 aliphatic heterocycles. The summed E-state index contributed by atoms with van der Waals surface area (Å²) >= 11 is 0. The van der Waals surface area contributed by atoms with Crippen LogP contribution < -0.4 is 5.73 Å². The molecule has 4 atom stereocenters. The topological polar surface area (TPSA) is 83.2 Å². The Morgan fingerprint density at radius 1 is 0.500 bits per heavy atom. The normalized spacial score (nSPS) is 14.3. The van der Waals surface area contributed by atoms with Crippen molar-refractivity contribution in [2.75, 3.05) is 13.2 Å². The first-order valence-corrected chi connectivity index (χ1v) is 13.7. The van der Waals surface area contributed by atoms with E-state index in [2.05, 4.69) is 0 Å². The fourth-order valence-corrected chi connectivity index (χ4v) is 4.41. The molecule has 0 amide bonds. The smallest absolute Gasteiger partial charge is 0.115 e. The third kappa shape index (κ3) is 9.68. The molecular weight excluding hydrogens is 502 g/mol. The van der Waals surface area contributed by atoms with E-state index in [9.17, 15) is 5.11 Å². The van der Waals surface area contributed by atoms with Crippen LogP contribution in [0.25, 0.3) is 0 Å². The van der Waals surface area contributed by atoms with Gasteiger partial charge in [-0.25, -0.2) is 0 Å². The summed E-state index contributed by atoms with van der Waals surface area (Å²) in [6, 6.07) is 39.5. The van der Waals surface area contributed by atoms with Crippen LogP contribution in [0.5, 0.6) is 0 Å². The molecule has 0 fully saturated rings. The van der Waals surface area contributed by atoms with Gasteiger partial charge in [-0.2, -0.15) is 0 Å². The quantitative estimate of drug-likeness (QED) is 0.189. The number of hydrogen-bond donors (Lipinski definition) is 2. The van der Waals surface area contributed by atoms with Crippen molar-refractivity contribution in [2.24, 2.45) is 5.73 Å². The van der Waals surface area contributed by atoms with E-state index >= 15 is 0 Å². The Labute approximate surface area is 237 Å². The lowest BCUT2D eigenvalue weighted by atomic mass is 10.0. The van der Waals surface area contributed by atoms with Gasteiger partial charge in [-0.1, -0.05) is 121 Å². The number of hydrogen-bond acceptors (Lipinski definition) is 6. The minimum absolute atomic E-state index is 0.0650. The summed E-state index contributed by atoms with van der Waals surface area (Å²) in [6.07, 6.45) is -2.94. The van der Waals surface area contributed by atoms with Crippen LogP contribution in [-0.2, 0) is 45.4 Å². The summed E-state index contributed by atoms with van der Waals surface area (Å²) in [6.45, 7) is 1.61. The first-order valence-electron chi connectivity index (χ1n) is 13.7. The molecule has 40 heavy (non-hydrogen) atoms. The summed E-state index contributed by atoms with van der Waals surface area (Å²) in [7, 11) is 0. The second kappa shape index (κ2) is 16.7. The van der Waals surface area contributed by atoms with Crippen molar-refractivity contribution in [3.8, 4) is 0 Å². The van der Waals surface area contributed by atoms with Crippen molar-refractivity contribution in [1.82, 2.24) is 0 Å². The highest BCUT2D eigenvalue weighted by Gasteiger charge is 2.36. The van der Waals surface area contributed by atoms with Crippen molar-refractivity contribution in [1.29, 1.82) is 0 Å². The van der Waals surface area contributed by atoms with Crippen molar-refractivity contribution in [3.63, 3.8) is 0 Å². The Kier molecular flexibility index (Phi) is 12.3. The van der Waals surface area contributed by atoms with Gasteiger partial charge in [-0.05, 0) is 22.3 Å². The minimum atomic E-state index is -0.984. The van der Waals surface area contributed by atoms with Gasteiger partial charge in [-0.3, -0.25) is 0 Å². The zero-order valence-corrected chi connectivity index (χ0v) is 22.8. The summed E-state index contributed by atoms with van der Waals surface area (Å²) in [5.41, 5.74) is 10.3. The Morgan fingerprint density at radius 2 is 0.875 bits per heavy atom. The SMILES string of the molecule is NC[C@@H](OCc1ccccc1)[C@@H](OCc1ccccc1)[C@H](OCc1ccccc1)[C@H](O)COCc1ccccc1. The van der Waals surface area contributed by atoms with Crippen molar-refractivity contribution in [2.45, 2.75) is 50.8 Å². The van der Waals surface area contributed by atoms with Crippen LogP contribution in [0.15, 0.2) is 121 Å². The monoisotopic (exact) mass is 541 g/mol. The number of nitrogens with two attached hydrogens (primary N) is 1. The summed E-state index contributed by atoms with van der Waals surface area (Å²) in [5, 5.41) is 11.4. The highest BCUT2D eigenvalue weighted by Crippen LogP contribution is 2.21. The molecule has 0 saturated heterocycles. The van der Waals surface area contributed by atoms with Gasteiger partial charge in [0.15, 0.2) is 0 Å². The second-order valence-corrected chi connectivity index (χ2v) is 9.66. The summed E-state index contributed by atoms with van der Waals surface area (Å²) in [5.74, 6) is 0. The number of aliphatic hydroxyl groups excluding tert-OH is 1. The highest BCUT2D eigenvalue weighted by atomic mass is 16.6. The van der Waals surface area contributed by atoms with Gasteiger partial charge in [0.05, 0.1) is 39.1 Å². The largest absolute Gasteiger partial charge is 0.388 e. The average Bonchev–Trinajstić information content (AvgIpc) is 3.01. The van der Waals surface area contributed by atoms with Gasteiger partial charge in [0, 0.05) is 6.54 Å². The van der Waals surface area contributed by atoms with E-state index < -0.39 is 24.4 Å². The molecule has 4 rings (SSSR count).